The molecule has 4 rings (SSSR count). The molecule has 174 valence electrons. The number of carbonyl (C=O) groups excluding carboxylic acids is 3. The second kappa shape index (κ2) is 7.98. The maximum atomic E-state index is 13.1. The highest BCUT2D eigenvalue weighted by Crippen LogP contribution is 2.66. The second-order valence-corrected chi connectivity index (χ2v) is 10.7. The molecule has 2 fully saturated rings. The van der Waals surface area contributed by atoms with Gasteiger partial charge in [0, 0.05) is 31.1 Å². The number of fused-ring (bicyclic) bond motifs is 5. The molecule has 6 nitrogen and oxygen atoms in total. The molecule has 2 saturated carbocycles. The average Bonchev–Trinajstić information content (AvgIpc) is 2.95. The van der Waals surface area contributed by atoms with Crippen molar-refractivity contribution in [3.63, 3.8) is 0 Å². The lowest BCUT2D eigenvalue weighted by Gasteiger charge is -2.57. The van der Waals surface area contributed by atoms with Crippen molar-refractivity contribution in [1.82, 2.24) is 0 Å². The van der Waals surface area contributed by atoms with Crippen molar-refractivity contribution < 1.29 is 29.0 Å². The Morgan fingerprint density at radius 1 is 1.19 bits per heavy atom. The summed E-state index contributed by atoms with van der Waals surface area (Å²) in [4.78, 5) is 35.7. The summed E-state index contributed by atoms with van der Waals surface area (Å²) in [5, 5.41) is 11.5. The summed E-state index contributed by atoms with van der Waals surface area (Å²) < 4.78 is 10.3. The first-order valence-corrected chi connectivity index (χ1v) is 11.6. The van der Waals surface area contributed by atoms with Crippen LogP contribution in [0.2, 0.25) is 0 Å². The summed E-state index contributed by atoms with van der Waals surface area (Å²) in [6.07, 6.45) is 9.78. The molecule has 0 aromatic carbocycles. The number of aliphatic hydroxyl groups excluding tert-OH is 1. The topological polar surface area (TPSA) is 89.9 Å². The highest BCUT2D eigenvalue weighted by atomic mass is 16.5. The number of carbonyl (C=O) groups is 3. The van der Waals surface area contributed by atoms with Crippen LogP contribution in [0.25, 0.3) is 0 Å². The van der Waals surface area contributed by atoms with Crippen LogP contribution in [0.1, 0.15) is 53.9 Å². The molecular formula is C26H34O6. The van der Waals surface area contributed by atoms with Crippen LogP contribution >= 0.6 is 0 Å². The van der Waals surface area contributed by atoms with Gasteiger partial charge in [0.2, 0.25) is 0 Å². The van der Waals surface area contributed by atoms with Crippen molar-refractivity contribution in [3.05, 3.63) is 35.6 Å². The van der Waals surface area contributed by atoms with E-state index in [4.69, 9.17) is 9.47 Å². The minimum absolute atomic E-state index is 0.0291. The van der Waals surface area contributed by atoms with E-state index in [0.717, 1.165) is 18.4 Å². The molecule has 4 aliphatic rings. The summed E-state index contributed by atoms with van der Waals surface area (Å²) in [5.74, 6) is 0.232. The van der Waals surface area contributed by atoms with Gasteiger partial charge in [0.1, 0.15) is 12.4 Å². The van der Waals surface area contributed by atoms with E-state index in [1.165, 1.54) is 13.8 Å². The van der Waals surface area contributed by atoms with Gasteiger partial charge in [-0.25, -0.2) is 0 Å². The lowest BCUT2D eigenvalue weighted by atomic mass is 9.48. The SMILES string of the molecule is CC(=O)OCC(=O)[C@H]1[C@H](C)C[C@H]2[C@@H]3CC=C4C=C(OC(C)=O)C=C[C@]4(C)[C@@H]3[C@@H](O)C[C@@]21C. The molecule has 0 heterocycles. The predicted molar refractivity (Wildman–Crippen MR) is 118 cm³/mol. The molecule has 0 spiro atoms. The van der Waals surface area contributed by atoms with Crippen molar-refractivity contribution in [2.45, 2.75) is 60.0 Å². The van der Waals surface area contributed by atoms with Crippen LogP contribution < -0.4 is 0 Å². The summed E-state index contributed by atoms with van der Waals surface area (Å²) in [5.41, 5.74) is 0.403. The zero-order chi connectivity index (χ0) is 23.4. The number of aliphatic hydroxyl groups is 1. The van der Waals surface area contributed by atoms with Gasteiger partial charge < -0.3 is 14.6 Å². The van der Waals surface area contributed by atoms with Crippen LogP contribution in [0.3, 0.4) is 0 Å². The first-order valence-electron chi connectivity index (χ1n) is 11.6. The zero-order valence-corrected chi connectivity index (χ0v) is 19.6. The van der Waals surface area contributed by atoms with Gasteiger partial charge in [-0.2, -0.15) is 0 Å². The molecule has 0 amide bonds. The van der Waals surface area contributed by atoms with E-state index in [1.807, 2.05) is 12.2 Å². The Morgan fingerprint density at radius 3 is 2.56 bits per heavy atom. The Labute approximate surface area is 189 Å². The van der Waals surface area contributed by atoms with E-state index in [1.54, 1.807) is 0 Å². The Kier molecular flexibility index (Phi) is 5.73. The Hall–Kier alpha value is -2.21. The van der Waals surface area contributed by atoms with Crippen molar-refractivity contribution in [2.24, 2.45) is 40.4 Å². The van der Waals surface area contributed by atoms with Crippen LogP contribution in [0.15, 0.2) is 35.6 Å². The Balaban J connectivity index is 1.64. The number of hydrogen-bond acceptors (Lipinski definition) is 6. The summed E-state index contributed by atoms with van der Waals surface area (Å²) in [7, 11) is 0. The molecular weight excluding hydrogens is 408 g/mol. The first kappa shape index (κ1) is 23.0. The highest BCUT2D eigenvalue weighted by molar-refractivity contribution is 5.85. The molecule has 0 bridgehead atoms. The largest absolute Gasteiger partial charge is 0.458 e. The monoisotopic (exact) mass is 442 g/mol. The minimum atomic E-state index is -0.558. The van der Waals surface area contributed by atoms with Gasteiger partial charge in [0.25, 0.3) is 0 Å². The van der Waals surface area contributed by atoms with Crippen LogP contribution in [-0.2, 0) is 23.9 Å². The van der Waals surface area contributed by atoms with Crippen LogP contribution in [0.5, 0.6) is 0 Å². The van der Waals surface area contributed by atoms with E-state index in [-0.39, 0.29) is 52.9 Å². The van der Waals surface area contributed by atoms with Crippen molar-refractivity contribution in [3.8, 4) is 0 Å². The number of ether oxygens (including phenoxy) is 2. The van der Waals surface area contributed by atoms with Crippen LogP contribution in [-0.4, -0.2) is 35.5 Å². The maximum Gasteiger partial charge on any atom is 0.308 e. The van der Waals surface area contributed by atoms with E-state index >= 15 is 0 Å². The van der Waals surface area contributed by atoms with Crippen molar-refractivity contribution >= 4 is 17.7 Å². The molecule has 0 aliphatic heterocycles. The fourth-order valence-electron chi connectivity index (χ4n) is 7.63. The molecule has 32 heavy (non-hydrogen) atoms. The molecule has 6 heteroatoms. The Bertz CT molecular complexity index is 929. The smallest absolute Gasteiger partial charge is 0.308 e. The third-order valence-corrected chi connectivity index (χ3v) is 8.64. The van der Waals surface area contributed by atoms with Gasteiger partial charge >= 0.3 is 11.9 Å². The van der Waals surface area contributed by atoms with Crippen molar-refractivity contribution in [2.75, 3.05) is 6.61 Å². The number of rotatable bonds is 4. The molecule has 0 radical (unpaired) electrons. The van der Waals surface area contributed by atoms with Crippen molar-refractivity contribution in [1.29, 1.82) is 0 Å². The maximum absolute atomic E-state index is 13.1. The number of ketones is 1. The zero-order valence-electron chi connectivity index (χ0n) is 19.6. The molecule has 0 aromatic heterocycles. The Morgan fingerprint density at radius 2 is 1.91 bits per heavy atom. The van der Waals surface area contributed by atoms with Crippen LogP contribution in [0.4, 0.5) is 0 Å². The normalized spacial score (nSPS) is 42.1. The number of hydrogen-bond donors (Lipinski definition) is 1. The molecule has 1 N–H and O–H groups in total. The third kappa shape index (κ3) is 3.57. The lowest BCUT2D eigenvalue weighted by Crippen LogP contribution is -2.55. The van der Waals surface area contributed by atoms with Gasteiger partial charge in [-0.3, -0.25) is 14.4 Å². The van der Waals surface area contributed by atoms with Gasteiger partial charge in [-0.15, -0.1) is 0 Å². The molecule has 4 aliphatic carbocycles. The van der Waals surface area contributed by atoms with E-state index in [2.05, 4.69) is 32.9 Å². The summed E-state index contributed by atoms with van der Waals surface area (Å²) in [6, 6.07) is 0. The highest BCUT2D eigenvalue weighted by Gasteiger charge is 2.63. The number of allylic oxidation sites excluding steroid dienone is 5. The second-order valence-electron chi connectivity index (χ2n) is 10.7. The number of Topliss-reactive ketones (excluding diaryl/α,β-unsaturated/α-hetero) is 1. The fraction of sp³-hybridized carbons (Fsp3) is 0.654. The summed E-state index contributed by atoms with van der Waals surface area (Å²) >= 11 is 0. The fourth-order valence-corrected chi connectivity index (χ4v) is 7.63. The average molecular weight is 443 g/mol. The molecule has 0 saturated heterocycles. The van der Waals surface area contributed by atoms with Gasteiger partial charge in [0.15, 0.2) is 5.78 Å². The van der Waals surface area contributed by atoms with Crippen LogP contribution in [0, 0.1) is 40.4 Å². The van der Waals surface area contributed by atoms with E-state index in [0.29, 0.717) is 18.1 Å². The first-order chi connectivity index (χ1) is 15.0. The number of esters is 2. The van der Waals surface area contributed by atoms with E-state index < -0.39 is 12.1 Å². The third-order valence-electron chi connectivity index (χ3n) is 8.64. The summed E-state index contributed by atoms with van der Waals surface area (Å²) in [6.45, 7) is 8.93. The molecule has 0 aromatic rings. The van der Waals surface area contributed by atoms with E-state index in [9.17, 15) is 19.5 Å². The quantitative estimate of drug-likeness (QED) is 0.667. The predicted octanol–water partition coefficient (Wildman–Crippen LogP) is 3.75. The van der Waals surface area contributed by atoms with Gasteiger partial charge in [0.05, 0.1) is 6.10 Å². The lowest BCUT2D eigenvalue weighted by molar-refractivity contribution is -0.152. The molecule has 0 unspecified atom stereocenters. The minimum Gasteiger partial charge on any atom is -0.458 e. The molecule has 8 atom stereocenters. The van der Waals surface area contributed by atoms with Gasteiger partial charge in [-0.05, 0) is 60.2 Å². The standard InChI is InChI=1S/C26H34O6/c1-14-10-20-19-7-6-17-11-18(32-16(3)28)8-9-25(17,4)24(19)21(29)12-26(20,5)23(14)22(30)13-31-15(2)27/h6,8-9,11,14,19-21,23-24,29H,7,10,12-13H2,1-5H3/t14-,19+,20+,21+,23-,24+,25+,26+/m1/s1. The van der Waals surface area contributed by atoms with Gasteiger partial charge in [-0.1, -0.05) is 32.9 Å².